The summed E-state index contributed by atoms with van der Waals surface area (Å²) < 4.78 is 1.86. The third-order valence-corrected chi connectivity index (χ3v) is 5.76. The Bertz CT molecular complexity index is 802. The number of amides is 1. The molecule has 1 aromatic heterocycles. The third kappa shape index (κ3) is 3.48. The van der Waals surface area contributed by atoms with E-state index >= 15 is 0 Å². The molecular weight excluding hydrogens is 340 g/mol. The van der Waals surface area contributed by atoms with Crippen LogP contribution < -0.4 is 9.80 Å². The van der Waals surface area contributed by atoms with Gasteiger partial charge in [-0.25, -0.2) is 0 Å². The minimum absolute atomic E-state index is 0.0773. The quantitative estimate of drug-likeness (QED) is 0.905. The second-order valence-corrected chi connectivity index (χ2v) is 7.48. The van der Waals surface area contributed by atoms with E-state index in [1.54, 1.807) is 0 Å². The molecule has 4 rings (SSSR count). The Morgan fingerprint density at radius 3 is 2.07 bits per heavy atom. The molecule has 0 spiro atoms. The van der Waals surface area contributed by atoms with Gasteiger partial charge in [-0.15, -0.1) is 0 Å². The molecule has 0 atom stereocenters. The van der Waals surface area contributed by atoms with Crippen LogP contribution in [0.4, 0.5) is 11.4 Å². The lowest BCUT2D eigenvalue weighted by atomic mass is 10.1. The van der Waals surface area contributed by atoms with Crippen LogP contribution in [0, 0.1) is 0 Å². The van der Waals surface area contributed by atoms with Gasteiger partial charge in [-0.1, -0.05) is 6.07 Å². The Balaban J connectivity index is 1.45. The first kappa shape index (κ1) is 17.8. The molecule has 2 aliphatic rings. The number of carbonyl (C=O) groups excluding carboxylic acids is 1. The monoisotopic (exact) mass is 368 g/mol. The third-order valence-electron chi connectivity index (χ3n) is 5.76. The SMILES string of the molecule is Cn1cccc1C(=O)N1CCN(c2cccc(N3CCCCC3)c2O)CC1. The summed E-state index contributed by atoms with van der Waals surface area (Å²) in [6.07, 6.45) is 5.54. The molecule has 2 fully saturated rings. The average molecular weight is 368 g/mol. The summed E-state index contributed by atoms with van der Waals surface area (Å²) in [5.41, 5.74) is 2.54. The Hall–Kier alpha value is -2.63. The van der Waals surface area contributed by atoms with Crippen molar-refractivity contribution in [2.75, 3.05) is 49.1 Å². The maximum absolute atomic E-state index is 12.7. The molecule has 3 heterocycles. The minimum Gasteiger partial charge on any atom is -0.504 e. The largest absolute Gasteiger partial charge is 0.504 e. The van der Waals surface area contributed by atoms with Gasteiger partial charge in [0, 0.05) is 52.5 Å². The van der Waals surface area contributed by atoms with Gasteiger partial charge in [0.15, 0.2) is 5.75 Å². The van der Waals surface area contributed by atoms with Crippen molar-refractivity contribution in [1.29, 1.82) is 0 Å². The van der Waals surface area contributed by atoms with Gasteiger partial charge in [-0.3, -0.25) is 4.79 Å². The van der Waals surface area contributed by atoms with Crippen LogP contribution in [-0.4, -0.2) is 59.7 Å². The molecule has 6 nitrogen and oxygen atoms in total. The summed E-state index contributed by atoms with van der Waals surface area (Å²) in [5.74, 6) is 0.454. The molecule has 0 saturated carbocycles. The lowest BCUT2D eigenvalue weighted by Crippen LogP contribution is -2.49. The van der Waals surface area contributed by atoms with Gasteiger partial charge < -0.3 is 24.4 Å². The first-order valence-corrected chi connectivity index (χ1v) is 9.87. The second kappa shape index (κ2) is 7.55. The molecule has 2 saturated heterocycles. The first-order chi connectivity index (χ1) is 13.1. The molecule has 6 heteroatoms. The van der Waals surface area contributed by atoms with Crippen LogP contribution >= 0.6 is 0 Å². The number of hydrogen-bond donors (Lipinski definition) is 1. The summed E-state index contributed by atoms with van der Waals surface area (Å²) in [4.78, 5) is 19.1. The number of phenols is 1. The van der Waals surface area contributed by atoms with E-state index < -0.39 is 0 Å². The fourth-order valence-corrected chi connectivity index (χ4v) is 4.16. The van der Waals surface area contributed by atoms with E-state index in [0.29, 0.717) is 18.8 Å². The number of hydrogen-bond acceptors (Lipinski definition) is 4. The van der Waals surface area contributed by atoms with E-state index in [2.05, 4.69) is 9.80 Å². The van der Waals surface area contributed by atoms with Crippen LogP contribution in [0.25, 0.3) is 0 Å². The number of para-hydroxylation sites is 1. The van der Waals surface area contributed by atoms with Crippen LogP contribution in [-0.2, 0) is 7.05 Å². The summed E-state index contributed by atoms with van der Waals surface area (Å²) in [5, 5.41) is 10.9. The molecule has 2 aliphatic heterocycles. The van der Waals surface area contributed by atoms with Gasteiger partial charge in [-0.05, 0) is 43.5 Å². The van der Waals surface area contributed by atoms with E-state index in [1.165, 1.54) is 19.3 Å². The van der Waals surface area contributed by atoms with Gasteiger partial charge in [0.1, 0.15) is 5.69 Å². The van der Waals surface area contributed by atoms with Crippen molar-refractivity contribution in [3.63, 3.8) is 0 Å². The smallest absolute Gasteiger partial charge is 0.270 e. The van der Waals surface area contributed by atoms with Crippen LogP contribution in [0.1, 0.15) is 29.8 Å². The van der Waals surface area contributed by atoms with Gasteiger partial charge in [-0.2, -0.15) is 0 Å². The summed E-state index contributed by atoms with van der Waals surface area (Å²) in [6, 6.07) is 9.79. The number of phenolic OH excluding ortho intramolecular Hbond substituents is 1. The van der Waals surface area contributed by atoms with E-state index in [-0.39, 0.29) is 5.91 Å². The maximum Gasteiger partial charge on any atom is 0.270 e. The zero-order valence-corrected chi connectivity index (χ0v) is 16.0. The summed E-state index contributed by atoms with van der Waals surface area (Å²) >= 11 is 0. The second-order valence-electron chi connectivity index (χ2n) is 7.48. The molecular formula is C21H28N4O2. The molecule has 27 heavy (non-hydrogen) atoms. The highest BCUT2D eigenvalue weighted by Crippen LogP contribution is 2.38. The minimum atomic E-state index is 0.0773. The zero-order chi connectivity index (χ0) is 18.8. The number of piperazine rings is 1. The topological polar surface area (TPSA) is 52.0 Å². The number of aromatic nitrogens is 1. The van der Waals surface area contributed by atoms with E-state index in [1.807, 2.05) is 53.0 Å². The molecule has 2 aromatic rings. The van der Waals surface area contributed by atoms with E-state index in [4.69, 9.17) is 0 Å². The number of piperidine rings is 1. The van der Waals surface area contributed by atoms with Crippen molar-refractivity contribution in [2.24, 2.45) is 7.05 Å². The van der Waals surface area contributed by atoms with Crippen molar-refractivity contribution < 1.29 is 9.90 Å². The van der Waals surface area contributed by atoms with Gasteiger partial charge in [0.2, 0.25) is 0 Å². The lowest BCUT2D eigenvalue weighted by molar-refractivity contribution is 0.0737. The van der Waals surface area contributed by atoms with E-state index in [9.17, 15) is 9.90 Å². The summed E-state index contributed by atoms with van der Waals surface area (Å²) in [7, 11) is 1.90. The Kier molecular flexibility index (Phi) is 4.97. The van der Waals surface area contributed by atoms with E-state index in [0.717, 1.165) is 43.2 Å². The number of anilines is 2. The highest BCUT2D eigenvalue weighted by Gasteiger charge is 2.26. The van der Waals surface area contributed by atoms with Crippen molar-refractivity contribution in [3.8, 4) is 5.75 Å². The Morgan fingerprint density at radius 1 is 0.852 bits per heavy atom. The number of nitrogens with zero attached hydrogens (tertiary/aromatic N) is 4. The number of aryl methyl sites for hydroxylation is 1. The standard InChI is InChI=1S/C21H28N4O2/c1-22-10-6-9-19(22)21(27)25-15-13-24(14-16-25)18-8-5-7-17(20(18)26)23-11-3-2-4-12-23/h5-10,26H,2-4,11-16H2,1H3. The highest BCUT2D eigenvalue weighted by molar-refractivity contribution is 5.93. The van der Waals surface area contributed by atoms with Crippen LogP contribution in [0.3, 0.4) is 0 Å². The van der Waals surface area contributed by atoms with Gasteiger partial charge in [0.05, 0.1) is 11.4 Å². The highest BCUT2D eigenvalue weighted by atomic mass is 16.3. The number of benzene rings is 1. The number of carbonyl (C=O) groups is 1. The van der Waals surface area contributed by atoms with Crippen LogP contribution in [0.2, 0.25) is 0 Å². The average Bonchev–Trinajstić information content (AvgIpc) is 3.14. The maximum atomic E-state index is 12.7. The molecule has 0 unspecified atom stereocenters. The Morgan fingerprint density at radius 2 is 1.48 bits per heavy atom. The lowest BCUT2D eigenvalue weighted by Gasteiger charge is -2.37. The molecule has 1 amide bonds. The first-order valence-electron chi connectivity index (χ1n) is 9.87. The predicted octanol–water partition coefficient (Wildman–Crippen LogP) is 2.68. The summed E-state index contributed by atoms with van der Waals surface area (Å²) in [6.45, 7) is 4.81. The number of rotatable bonds is 3. The molecule has 1 aromatic carbocycles. The predicted molar refractivity (Wildman–Crippen MR) is 108 cm³/mol. The molecule has 0 radical (unpaired) electrons. The van der Waals surface area contributed by atoms with Gasteiger partial charge in [0.25, 0.3) is 5.91 Å². The number of aromatic hydroxyl groups is 1. The molecule has 1 N–H and O–H groups in total. The van der Waals surface area contributed by atoms with Crippen molar-refractivity contribution >= 4 is 17.3 Å². The van der Waals surface area contributed by atoms with Crippen LogP contribution in [0.5, 0.6) is 5.75 Å². The normalized spacial score (nSPS) is 18.0. The Labute approximate surface area is 160 Å². The molecule has 0 bridgehead atoms. The fourth-order valence-electron chi connectivity index (χ4n) is 4.16. The molecule has 0 aliphatic carbocycles. The van der Waals surface area contributed by atoms with Crippen molar-refractivity contribution in [2.45, 2.75) is 19.3 Å². The van der Waals surface area contributed by atoms with Crippen molar-refractivity contribution in [1.82, 2.24) is 9.47 Å². The fraction of sp³-hybridized carbons (Fsp3) is 0.476. The van der Waals surface area contributed by atoms with Crippen LogP contribution in [0.15, 0.2) is 36.5 Å². The van der Waals surface area contributed by atoms with Gasteiger partial charge >= 0.3 is 0 Å². The zero-order valence-electron chi connectivity index (χ0n) is 16.0. The molecule has 144 valence electrons. The van der Waals surface area contributed by atoms with Crippen molar-refractivity contribution in [3.05, 3.63) is 42.2 Å².